The Kier molecular flexibility index (Phi) is 8.42. The molecule has 1 aromatic heterocycles. The molecular formula is C18H25Cl2N3O2. The number of benzene rings is 1. The van der Waals surface area contributed by atoms with Crippen LogP contribution in [0.15, 0.2) is 34.9 Å². The smallest absolute Gasteiger partial charge is 0.223 e. The fourth-order valence-electron chi connectivity index (χ4n) is 2.85. The number of aryl methyl sites for hydroxylation is 2. The lowest BCUT2D eigenvalue weighted by Crippen LogP contribution is -2.52. The summed E-state index contributed by atoms with van der Waals surface area (Å²) in [6, 6.07) is 8.39. The Balaban J connectivity index is 0.00000156. The summed E-state index contributed by atoms with van der Waals surface area (Å²) in [5.41, 5.74) is 2.22. The first-order valence-electron chi connectivity index (χ1n) is 8.15. The van der Waals surface area contributed by atoms with E-state index in [1.807, 2.05) is 29.2 Å². The van der Waals surface area contributed by atoms with Crippen LogP contribution < -0.4 is 5.32 Å². The molecule has 1 aliphatic rings. The molecule has 1 fully saturated rings. The molecule has 25 heavy (non-hydrogen) atoms. The van der Waals surface area contributed by atoms with Crippen LogP contribution in [0.5, 0.6) is 0 Å². The Labute approximate surface area is 161 Å². The lowest BCUT2D eigenvalue weighted by molar-refractivity contribution is -0.134. The third-order valence-corrected chi connectivity index (χ3v) is 4.26. The maximum absolute atomic E-state index is 12.3. The largest absolute Gasteiger partial charge is 0.441 e. The van der Waals surface area contributed by atoms with Gasteiger partial charge in [-0.15, -0.1) is 24.8 Å². The number of carbonyl (C=O) groups is 1. The van der Waals surface area contributed by atoms with E-state index < -0.39 is 0 Å². The van der Waals surface area contributed by atoms with E-state index in [9.17, 15) is 4.79 Å². The average Bonchev–Trinajstić information content (AvgIpc) is 3.03. The predicted octanol–water partition coefficient (Wildman–Crippen LogP) is 3.25. The van der Waals surface area contributed by atoms with E-state index in [4.69, 9.17) is 4.42 Å². The van der Waals surface area contributed by atoms with Crippen molar-refractivity contribution in [3.63, 3.8) is 0 Å². The minimum Gasteiger partial charge on any atom is -0.441 e. The lowest BCUT2D eigenvalue weighted by atomic mass is 10.1. The molecule has 138 valence electrons. The fourth-order valence-corrected chi connectivity index (χ4v) is 2.85. The third-order valence-electron chi connectivity index (χ3n) is 4.26. The van der Waals surface area contributed by atoms with Gasteiger partial charge in [0.05, 0.1) is 6.20 Å². The molecule has 0 saturated carbocycles. The van der Waals surface area contributed by atoms with Crippen molar-refractivity contribution in [2.45, 2.75) is 32.7 Å². The van der Waals surface area contributed by atoms with E-state index >= 15 is 0 Å². The number of hydrogen-bond donors (Lipinski definition) is 1. The summed E-state index contributed by atoms with van der Waals surface area (Å²) in [6.07, 6.45) is 2.72. The van der Waals surface area contributed by atoms with Gasteiger partial charge in [-0.05, 0) is 13.8 Å². The van der Waals surface area contributed by atoms with Gasteiger partial charge in [0.2, 0.25) is 5.91 Å². The van der Waals surface area contributed by atoms with Crippen LogP contribution in [-0.4, -0.2) is 41.5 Å². The van der Waals surface area contributed by atoms with E-state index in [0.29, 0.717) is 18.7 Å². The van der Waals surface area contributed by atoms with Crippen LogP contribution in [0.4, 0.5) is 0 Å². The molecule has 1 atom stereocenters. The molecule has 1 aromatic carbocycles. The Morgan fingerprint density at radius 2 is 2.04 bits per heavy atom. The van der Waals surface area contributed by atoms with Crippen molar-refractivity contribution < 1.29 is 9.21 Å². The number of halogens is 2. The van der Waals surface area contributed by atoms with Crippen molar-refractivity contribution in [2.24, 2.45) is 0 Å². The molecule has 1 N–H and O–H groups in total. The van der Waals surface area contributed by atoms with Crippen LogP contribution in [0.3, 0.4) is 0 Å². The summed E-state index contributed by atoms with van der Waals surface area (Å²) in [5, 5.41) is 3.29. The van der Waals surface area contributed by atoms with Crippen LogP contribution in [-0.2, 0) is 11.2 Å². The van der Waals surface area contributed by atoms with E-state index in [1.165, 1.54) is 5.56 Å². The van der Waals surface area contributed by atoms with Crippen LogP contribution in [0.25, 0.3) is 11.3 Å². The van der Waals surface area contributed by atoms with Crippen molar-refractivity contribution in [3.05, 3.63) is 41.9 Å². The van der Waals surface area contributed by atoms with E-state index in [2.05, 4.69) is 24.1 Å². The van der Waals surface area contributed by atoms with Gasteiger partial charge in [0, 0.05) is 44.1 Å². The minimum absolute atomic E-state index is 0. The average molecular weight is 386 g/mol. The van der Waals surface area contributed by atoms with Gasteiger partial charge in [-0.1, -0.05) is 29.8 Å². The quantitative estimate of drug-likeness (QED) is 0.877. The Morgan fingerprint density at radius 1 is 1.32 bits per heavy atom. The highest BCUT2D eigenvalue weighted by Gasteiger charge is 2.22. The highest BCUT2D eigenvalue weighted by atomic mass is 35.5. The monoisotopic (exact) mass is 385 g/mol. The molecule has 1 saturated heterocycles. The number of nitrogens with one attached hydrogen (secondary N) is 1. The normalized spacial score (nSPS) is 16.7. The van der Waals surface area contributed by atoms with E-state index in [-0.39, 0.29) is 36.8 Å². The minimum atomic E-state index is 0. The molecule has 3 rings (SSSR count). The molecule has 1 aliphatic heterocycles. The van der Waals surface area contributed by atoms with E-state index in [1.54, 1.807) is 6.20 Å². The van der Waals surface area contributed by atoms with Crippen molar-refractivity contribution in [2.75, 3.05) is 19.6 Å². The summed E-state index contributed by atoms with van der Waals surface area (Å²) < 4.78 is 5.78. The van der Waals surface area contributed by atoms with Gasteiger partial charge < -0.3 is 14.6 Å². The number of oxazole rings is 1. The zero-order valence-corrected chi connectivity index (χ0v) is 16.2. The zero-order valence-electron chi connectivity index (χ0n) is 14.5. The number of carbonyl (C=O) groups excluding carboxylic acids is 1. The first kappa shape index (κ1) is 21.5. The summed E-state index contributed by atoms with van der Waals surface area (Å²) in [7, 11) is 0. The van der Waals surface area contributed by atoms with Gasteiger partial charge in [-0.25, -0.2) is 4.98 Å². The van der Waals surface area contributed by atoms with Crippen molar-refractivity contribution in [1.29, 1.82) is 0 Å². The van der Waals surface area contributed by atoms with Crippen LogP contribution in [0, 0.1) is 6.92 Å². The standard InChI is InChI=1S/C18H23N3O2.2ClH/c1-13-3-5-15(6-4-13)16-12-20-17(23-16)7-8-18(22)21-10-9-19-11-14(21)2;;/h3-6,12,14,19H,7-11H2,1-2H3;2*1H/t14-;;/m1../s1. The van der Waals surface area contributed by atoms with E-state index in [0.717, 1.165) is 31.0 Å². The topological polar surface area (TPSA) is 58.4 Å². The molecule has 0 aliphatic carbocycles. The Bertz CT molecular complexity index is 673. The second-order valence-corrected chi connectivity index (χ2v) is 6.12. The SMILES string of the molecule is Cc1ccc(-c2cnc(CCC(=O)N3CCNC[C@H]3C)o2)cc1.Cl.Cl. The second kappa shape index (κ2) is 9.80. The number of aromatic nitrogens is 1. The first-order valence-corrected chi connectivity index (χ1v) is 8.15. The maximum Gasteiger partial charge on any atom is 0.223 e. The van der Waals surface area contributed by atoms with Crippen LogP contribution >= 0.6 is 24.8 Å². The number of hydrogen-bond acceptors (Lipinski definition) is 4. The van der Waals surface area contributed by atoms with Gasteiger partial charge in [0.1, 0.15) is 0 Å². The third kappa shape index (κ3) is 5.46. The molecule has 7 heteroatoms. The predicted molar refractivity (Wildman–Crippen MR) is 104 cm³/mol. The van der Waals surface area contributed by atoms with Gasteiger partial charge in [-0.2, -0.15) is 0 Å². The first-order chi connectivity index (χ1) is 11.1. The van der Waals surface area contributed by atoms with Gasteiger partial charge in [0.15, 0.2) is 11.7 Å². The number of amides is 1. The molecule has 1 amide bonds. The number of piperazine rings is 1. The molecular weight excluding hydrogens is 361 g/mol. The van der Waals surface area contributed by atoms with Crippen molar-refractivity contribution in [3.8, 4) is 11.3 Å². The maximum atomic E-state index is 12.3. The van der Waals surface area contributed by atoms with Crippen LogP contribution in [0.1, 0.15) is 24.8 Å². The molecule has 0 spiro atoms. The second-order valence-electron chi connectivity index (χ2n) is 6.12. The summed E-state index contributed by atoms with van der Waals surface area (Å²) in [5.74, 6) is 1.55. The van der Waals surface area contributed by atoms with Gasteiger partial charge in [-0.3, -0.25) is 4.79 Å². The Hall–Kier alpha value is -1.56. The van der Waals surface area contributed by atoms with Crippen molar-refractivity contribution in [1.82, 2.24) is 15.2 Å². The number of rotatable bonds is 4. The molecule has 2 aromatic rings. The summed E-state index contributed by atoms with van der Waals surface area (Å²) >= 11 is 0. The summed E-state index contributed by atoms with van der Waals surface area (Å²) in [6.45, 7) is 6.64. The molecule has 0 radical (unpaired) electrons. The highest BCUT2D eigenvalue weighted by Crippen LogP contribution is 2.21. The summed E-state index contributed by atoms with van der Waals surface area (Å²) in [4.78, 5) is 18.6. The lowest BCUT2D eigenvalue weighted by Gasteiger charge is -2.34. The number of nitrogens with zero attached hydrogens (tertiary/aromatic N) is 2. The Morgan fingerprint density at radius 3 is 2.72 bits per heavy atom. The van der Waals surface area contributed by atoms with Crippen molar-refractivity contribution >= 4 is 30.7 Å². The molecule has 0 bridgehead atoms. The molecule has 2 heterocycles. The van der Waals surface area contributed by atoms with Gasteiger partial charge in [0.25, 0.3) is 0 Å². The molecule has 0 unspecified atom stereocenters. The van der Waals surface area contributed by atoms with Crippen LogP contribution in [0.2, 0.25) is 0 Å². The fraction of sp³-hybridized carbons (Fsp3) is 0.444. The molecule has 5 nitrogen and oxygen atoms in total. The zero-order chi connectivity index (χ0) is 16.2. The van der Waals surface area contributed by atoms with Gasteiger partial charge >= 0.3 is 0 Å². The highest BCUT2D eigenvalue weighted by molar-refractivity contribution is 5.85.